The van der Waals surface area contributed by atoms with Crippen LogP contribution in [0, 0.1) is 12.3 Å². The number of aromatic nitrogens is 4. The number of nitrogens with zero attached hydrogens (tertiary/aromatic N) is 5. The largest absolute Gasteiger partial charge is 0.416 e. The second-order valence-electron chi connectivity index (χ2n) is 10.2. The van der Waals surface area contributed by atoms with Gasteiger partial charge in [0.25, 0.3) is 0 Å². The van der Waals surface area contributed by atoms with E-state index in [1.165, 1.54) is 12.1 Å². The predicted octanol–water partition coefficient (Wildman–Crippen LogP) is 6.16. The molecule has 0 saturated carbocycles. The number of hydrogen-bond acceptors (Lipinski definition) is 5. The third kappa shape index (κ3) is 5.40. The Kier molecular flexibility index (Phi) is 6.60. The first-order chi connectivity index (χ1) is 16.9. The maximum atomic E-state index is 13.1. The van der Waals surface area contributed by atoms with Gasteiger partial charge in [-0.2, -0.15) is 13.2 Å². The van der Waals surface area contributed by atoms with Gasteiger partial charge in [-0.1, -0.05) is 56.7 Å². The van der Waals surface area contributed by atoms with Crippen molar-refractivity contribution < 1.29 is 18.0 Å². The van der Waals surface area contributed by atoms with Crippen molar-refractivity contribution in [2.75, 3.05) is 18.5 Å². The van der Waals surface area contributed by atoms with E-state index in [4.69, 9.17) is 4.98 Å². The van der Waals surface area contributed by atoms with Crippen molar-refractivity contribution in [2.24, 2.45) is 5.41 Å². The Morgan fingerprint density at radius 2 is 1.69 bits per heavy atom. The Hall–Kier alpha value is -3.75. The summed E-state index contributed by atoms with van der Waals surface area (Å²) in [6, 6.07) is 12.9. The summed E-state index contributed by atoms with van der Waals surface area (Å²) in [6.07, 6.45) is -3.82. The lowest BCUT2D eigenvalue weighted by Crippen LogP contribution is -2.30. The van der Waals surface area contributed by atoms with Gasteiger partial charge < -0.3 is 9.47 Å². The molecule has 0 aliphatic carbocycles. The van der Waals surface area contributed by atoms with E-state index in [1.807, 2.05) is 47.7 Å². The molecular formula is C27H28F3N5O. The molecule has 2 aromatic heterocycles. The van der Waals surface area contributed by atoms with Gasteiger partial charge in [-0.05, 0) is 36.1 Å². The molecule has 4 rings (SSSR count). The van der Waals surface area contributed by atoms with E-state index in [9.17, 15) is 18.0 Å². The topological polar surface area (TPSA) is 63.9 Å². The van der Waals surface area contributed by atoms with Crippen molar-refractivity contribution in [3.05, 3.63) is 71.0 Å². The molecule has 0 amide bonds. The summed E-state index contributed by atoms with van der Waals surface area (Å²) in [6.45, 7) is 9.15. The van der Waals surface area contributed by atoms with Crippen molar-refractivity contribution >= 4 is 23.3 Å². The molecule has 0 aliphatic heterocycles. The minimum atomic E-state index is -4.41. The highest BCUT2D eigenvalue weighted by molar-refractivity contribution is 5.89. The highest BCUT2D eigenvalue weighted by atomic mass is 19.4. The number of carbonyl (C=O) groups excluding carboxylic acids is 1. The third-order valence-electron chi connectivity index (χ3n) is 5.68. The van der Waals surface area contributed by atoms with Gasteiger partial charge in [-0.15, -0.1) is 0 Å². The molecule has 2 aromatic carbocycles. The number of aldehydes is 1. The lowest BCUT2D eigenvalue weighted by Gasteiger charge is -2.28. The number of alkyl halides is 3. The molecule has 188 valence electrons. The maximum absolute atomic E-state index is 13.1. The first-order valence-corrected chi connectivity index (χ1v) is 11.5. The van der Waals surface area contributed by atoms with Gasteiger partial charge >= 0.3 is 6.18 Å². The number of imidazole rings is 1. The van der Waals surface area contributed by atoms with Crippen LogP contribution in [0.1, 0.15) is 48.1 Å². The Morgan fingerprint density at radius 1 is 1.00 bits per heavy atom. The fourth-order valence-electron chi connectivity index (χ4n) is 4.28. The molecular weight excluding hydrogens is 467 g/mol. The summed E-state index contributed by atoms with van der Waals surface area (Å²) >= 11 is 0. The fourth-order valence-corrected chi connectivity index (χ4v) is 4.28. The van der Waals surface area contributed by atoms with Gasteiger partial charge in [0.2, 0.25) is 0 Å². The van der Waals surface area contributed by atoms with Crippen LogP contribution in [0.3, 0.4) is 0 Å². The second kappa shape index (κ2) is 9.37. The number of aryl methyl sites for hydroxylation is 1. The first kappa shape index (κ1) is 25.3. The predicted molar refractivity (Wildman–Crippen MR) is 134 cm³/mol. The van der Waals surface area contributed by atoms with E-state index in [2.05, 4.69) is 30.7 Å². The van der Waals surface area contributed by atoms with E-state index < -0.39 is 11.7 Å². The Labute approximate surface area is 207 Å². The third-order valence-corrected chi connectivity index (χ3v) is 5.68. The summed E-state index contributed by atoms with van der Waals surface area (Å²) in [5, 5.41) is 0. The SMILES string of the molecule is Cc1cccc(-c2nc3nc(C=O)nc(N(C)CC(C)(C)C)c3n2Cc2ccc(C(F)(F)F)cc2)c1. The van der Waals surface area contributed by atoms with E-state index in [0.717, 1.165) is 23.3 Å². The minimum absolute atomic E-state index is 0.0215. The summed E-state index contributed by atoms with van der Waals surface area (Å²) in [7, 11) is 1.89. The molecule has 0 aliphatic rings. The van der Waals surface area contributed by atoms with Crippen LogP contribution in [0.15, 0.2) is 48.5 Å². The normalized spacial score (nSPS) is 12.2. The Morgan fingerprint density at radius 3 is 2.28 bits per heavy atom. The molecule has 2 heterocycles. The van der Waals surface area contributed by atoms with Crippen LogP contribution in [-0.2, 0) is 12.7 Å². The quantitative estimate of drug-likeness (QED) is 0.300. The Balaban J connectivity index is 1.94. The van der Waals surface area contributed by atoms with Gasteiger partial charge in [0.1, 0.15) is 11.3 Å². The summed E-state index contributed by atoms with van der Waals surface area (Å²) in [5.41, 5.74) is 2.73. The monoisotopic (exact) mass is 495 g/mol. The molecule has 0 radical (unpaired) electrons. The molecule has 36 heavy (non-hydrogen) atoms. The number of rotatable bonds is 6. The molecule has 0 atom stereocenters. The van der Waals surface area contributed by atoms with Crippen LogP contribution in [0.2, 0.25) is 0 Å². The van der Waals surface area contributed by atoms with Crippen LogP contribution in [-0.4, -0.2) is 39.4 Å². The van der Waals surface area contributed by atoms with Crippen molar-refractivity contribution in [2.45, 2.75) is 40.4 Å². The van der Waals surface area contributed by atoms with Gasteiger partial charge in [0.05, 0.1) is 5.56 Å². The number of anilines is 1. The zero-order valence-electron chi connectivity index (χ0n) is 20.9. The fraction of sp³-hybridized carbons (Fsp3) is 0.333. The van der Waals surface area contributed by atoms with Crippen molar-refractivity contribution in [1.29, 1.82) is 0 Å². The smallest absolute Gasteiger partial charge is 0.357 e. The highest BCUT2D eigenvalue weighted by Crippen LogP contribution is 2.33. The molecule has 6 nitrogen and oxygen atoms in total. The second-order valence-corrected chi connectivity index (χ2v) is 10.2. The first-order valence-electron chi connectivity index (χ1n) is 11.5. The number of halogens is 3. The number of benzene rings is 2. The molecule has 0 N–H and O–H groups in total. The molecule has 0 bridgehead atoms. The van der Waals surface area contributed by atoms with Crippen molar-refractivity contribution in [3.8, 4) is 11.4 Å². The Bertz CT molecular complexity index is 1400. The number of hydrogen-bond donors (Lipinski definition) is 0. The molecule has 0 fully saturated rings. The van der Waals surface area contributed by atoms with Gasteiger partial charge in [0, 0.05) is 25.7 Å². The number of carbonyl (C=O) groups is 1. The lowest BCUT2D eigenvalue weighted by molar-refractivity contribution is -0.137. The van der Waals surface area contributed by atoms with Crippen LogP contribution in [0.25, 0.3) is 22.6 Å². The van der Waals surface area contributed by atoms with Gasteiger partial charge in [0.15, 0.2) is 23.6 Å². The molecule has 0 spiro atoms. The molecule has 9 heteroatoms. The maximum Gasteiger partial charge on any atom is 0.416 e. The average Bonchev–Trinajstić information content (AvgIpc) is 3.15. The van der Waals surface area contributed by atoms with Crippen LogP contribution in [0.5, 0.6) is 0 Å². The van der Waals surface area contributed by atoms with Gasteiger partial charge in [-0.25, -0.2) is 15.0 Å². The lowest BCUT2D eigenvalue weighted by atomic mass is 9.96. The van der Waals surface area contributed by atoms with Crippen LogP contribution >= 0.6 is 0 Å². The summed E-state index contributed by atoms with van der Waals surface area (Å²) in [5.74, 6) is 1.15. The standard InChI is InChI=1S/C27H28F3N5O/c1-17-7-6-8-19(13-17)24-33-23-22(25(32-21(15-36)31-23)34(5)16-26(2,3)4)35(24)14-18-9-11-20(12-10-18)27(28,29)30/h6-13,15H,14,16H2,1-5H3. The van der Waals surface area contributed by atoms with E-state index in [-0.39, 0.29) is 17.8 Å². The van der Waals surface area contributed by atoms with E-state index in [0.29, 0.717) is 41.2 Å². The van der Waals surface area contributed by atoms with E-state index >= 15 is 0 Å². The molecule has 0 saturated heterocycles. The zero-order chi connectivity index (χ0) is 26.3. The van der Waals surface area contributed by atoms with Crippen LogP contribution in [0.4, 0.5) is 19.0 Å². The van der Waals surface area contributed by atoms with Crippen molar-refractivity contribution in [1.82, 2.24) is 19.5 Å². The van der Waals surface area contributed by atoms with Gasteiger partial charge in [-0.3, -0.25) is 4.79 Å². The molecule has 0 unspecified atom stereocenters. The summed E-state index contributed by atoms with van der Waals surface area (Å²) in [4.78, 5) is 27.3. The minimum Gasteiger partial charge on any atom is -0.357 e. The average molecular weight is 496 g/mol. The zero-order valence-corrected chi connectivity index (χ0v) is 20.9. The summed E-state index contributed by atoms with van der Waals surface area (Å²) < 4.78 is 41.2. The van der Waals surface area contributed by atoms with Crippen molar-refractivity contribution in [3.63, 3.8) is 0 Å². The highest BCUT2D eigenvalue weighted by Gasteiger charge is 2.30. The molecule has 4 aromatic rings. The van der Waals surface area contributed by atoms with Crippen LogP contribution < -0.4 is 4.90 Å². The number of fused-ring (bicyclic) bond motifs is 1. The van der Waals surface area contributed by atoms with E-state index in [1.54, 1.807) is 0 Å².